The van der Waals surface area contributed by atoms with E-state index in [2.05, 4.69) is 35.6 Å². The maximum atomic E-state index is 4.23. The summed E-state index contributed by atoms with van der Waals surface area (Å²) in [5.74, 6) is 2.01. The average Bonchev–Trinajstić information content (AvgIpc) is 2.59. The van der Waals surface area contributed by atoms with Gasteiger partial charge in [-0.2, -0.15) is 5.10 Å². The molecule has 0 atom stereocenters. The van der Waals surface area contributed by atoms with E-state index in [1.807, 2.05) is 13.1 Å². The Kier molecular flexibility index (Phi) is 3.17. The molecule has 0 saturated heterocycles. The summed E-state index contributed by atoms with van der Waals surface area (Å²) in [5.41, 5.74) is 1.10. The first-order valence-electron chi connectivity index (χ1n) is 4.60. The van der Waals surface area contributed by atoms with E-state index in [4.69, 9.17) is 0 Å². The van der Waals surface area contributed by atoms with Gasteiger partial charge in [-0.15, -0.1) is 0 Å². The van der Waals surface area contributed by atoms with Crippen molar-refractivity contribution < 1.29 is 0 Å². The molecule has 1 rings (SSSR count). The lowest BCUT2D eigenvalue weighted by molar-refractivity contribution is 0.866. The summed E-state index contributed by atoms with van der Waals surface area (Å²) in [6.45, 7) is 9.66. The van der Waals surface area contributed by atoms with Gasteiger partial charge in [0.25, 0.3) is 0 Å². The molecule has 4 heteroatoms. The first-order valence-corrected chi connectivity index (χ1v) is 4.60. The largest absolute Gasteiger partial charge is 0.274 e. The maximum absolute atomic E-state index is 4.23. The first-order chi connectivity index (χ1) is 6.61. The van der Waals surface area contributed by atoms with Crippen LogP contribution in [0.4, 0.5) is 5.82 Å². The molecular formula is C10H16N4. The van der Waals surface area contributed by atoms with E-state index in [0.717, 1.165) is 17.2 Å². The first kappa shape index (κ1) is 10.6. The van der Waals surface area contributed by atoms with Gasteiger partial charge in [0, 0.05) is 12.6 Å². The van der Waals surface area contributed by atoms with Crippen LogP contribution < -0.4 is 0 Å². The SMILES string of the molecule is C=Nc1c(C(C)C)cnn1C(C)=NC. The summed E-state index contributed by atoms with van der Waals surface area (Å²) < 4.78 is 1.71. The van der Waals surface area contributed by atoms with Crippen molar-refractivity contribution in [2.75, 3.05) is 7.05 Å². The lowest BCUT2D eigenvalue weighted by Crippen LogP contribution is -2.08. The van der Waals surface area contributed by atoms with Gasteiger partial charge in [-0.05, 0) is 19.6 Å². The molecule has 0 unspecified atom stereocenters. The summed E-state index contributed by atoms with van der Waals surface area (Å²) >= 11 is 0. The molecule has 0 amide bonds. The molecule has 0 fully saturated rings. The zero-order chi connectivity index (χ0) is 10.7. The number of nitrogens with zero attached hydrogens (tertiary/aromatic N) is 4. The summed E-state index contributed by atoms with van der Waals surface area (Å²) in [7, 11) is 1.74. The monoisotopic (exact) mass is 192 g/mol. The molecule has 1 aromatic heterocycles. The fraction of sp³-hybridized carbons (Fsp3) is 0.500. The Morgan fingerprint density at radius 3 is 2.64 bits per heavy atom. The minimum absolute atomic E-state index is 0.397. The average molecular weight is 192 g/mol. The van der Waals surface area contributed by atoms with Crippen molar-refractivity contribution in [2.45, 2.75) is 26.7 Å². The Hall–Kier alpha value is -1.45. The molecule has 0 bridgehead atoms. The molecule has 0 radical (unpaired) electrons. The van der Waals surface area contributed by atoms with Gasteiger partial charge in [-0.3, -0.25) is 4.99 Å². The molecule has 4 nitrogen and oxygen atoms in total. The summed E-state index contributed by atoms with van der Waals surface area (Å²) in [4.78, 5) is 8.06. The van der Waals surface area contributed by atoms with Crippen LogP contribution in [-0.2, 0) is 0 Å². The minimum Gasteiger partial charge on any atom is -0.274 e. The van der Waals surface area contributed by atoms with Crippen LogP contribution in [0.25, 0.3) is 0 Å². The van der Waals surface area contributed by atoms with Crippen molar-refractivity contribution in [3.8, 4) is 0 Å². The van der Waals surface area contributed by atoms with E-state index in [1.165, 1.54) is 0 Å². The maximum Gasteiger partial charge on any atom is 0.159 e. The summed E-state index contributed by atoms with van der Waals surface area (Å²) in [6, 6.07) is 0. The normalized spacial score (nSPS) is 12.2. The zero-order valence-corrected chi connectivity index (χ0v) is 9.15. The summed E-state index contributed by atoms with van der Waals surface area (Å²) in [6.07, 6.45) is 1.82. The van der Waals surface area contributed by atoms with Crippen molar-refractivity contribution in [1.82, 2.24) is 9.78 Å². The van der Waals surface area contributed by atoms with Gasteiger partial charge in [0.2, 0.25) is 0 Å². The molecule has 0 N–H and O–H groups in total. The third kappa shape index (κ3) is 1.73. The van der Waals surface area contributed by atoms with Gasteiger partial charge in [-0.1, -0.05) is 13.8 Å². The highest BCUT2D eigenvalue weighted by molar-refractivity contribution is 5.84. The van der Waals surface area contributed by atoms with Gasteiger partial charge in [-0.25, -0.2) is 9.67 Å². The van der Waals surface area contributed by atoms with Crippen LogP contribution in [0.2, 0.25) is 0 Å². The van der Waals surface area contributed by atoms with Crippen molar-refractivity contribution in [1.29, 1.82) is 0 Å². The molecule has 1 aromatic rings. The minimum atomic E-state index is 0.397. The zero-order valence-electron chi connectivity index (χ0n) is 9.15. The Bertz CT molecular complexity index is 360. The third-order valence-electron chi connectivity index (χ3n) is 2.17. The number of hydrogen-bond acceptors (Lipinski definition) is 3. The number of aromatic nitrogens is 2. The third-order valence-corrected chi connectivity index (χ3v) is 2.17. The molecular weight excluding hydrogens is 176 g/mol. The van der Waals surface area contributed by atoms with Crippen molar-refractivity contribution in [2.24, 2.45) is 9.98 Å². The molecule has 0 aromatic carbocycles. The quantitative estimate of drug-likeness (QED) is 0.523. The fourth-order valence-electron chi connectivity index (χ4n) is 1.25. The molecule has 0 aliphatic heterocycles. The van der Waals surface area contributed by atoms with Crippen LogP contribution in [0.1, 0.15) is 32.3 Å². The van der Waals surface area contributed by atoms with Crippen molar-refractivity contribution in [3.05, 3.63) is 11.8 Å². The molecule has 0 aliphatic rings. The van der Waals surface area contributed by atoms with Gasteiger partial charge < -0.3 is 0 Å². The lowest BCUT2D eigenvalue weighted by Gasteiger charge is -2.05. The van der Waals surface area contributed by atoms with E-state index in [9.17, 15) is 0 Å². The predicted molar refractivity (Wildman–Crippen MR) is 60.0 cm³/mol. The Labute approximate surface area is 84.4 Å². The number of rotatable bonds is 2. The lowest BCUT2D eigenvalue weighted by atomic mass is 10.1. The molecule has 0 saturated carbocycles. The van der Waals surface area contributed by atoms with E-state index >= 15 is 0 Å². The second-order valence-corrected chi connectivity index (χ2v) is 3.42. The van der Waals surface area contributed by atoms with Crippen molar-refractivity contribution in [3.63, 3.8) is 0 Å². The van der Waals surface area contributed by atoms with Crippen LogP contribution in [0.3, 0.4) is 0 Å². The smallest absolute Gasteiger partial charge is 0.159 e. The topological polar surface area (TPSA) is 42.5 Å². The fourth-order valence-corrected chi connectivity index (χ4v) is 1.25. The van der Waals surface area contributed by atoms with Gasteiger partial charge >= 0.3 is 0 Å². The molecule has 1 heterocycles. The molecule has 76 valence electrons. The second kappa shape index (κ2) is 4.17. The van der Waals surface area contributed by atoms with E-state index in [1.54, 1.807) is 11.7 Å². The van der Waals surface area contributed by atoms with Crippen molar-refractivity contribution >= 4 is 18.4 Å². The Balaban J connectivity index is 3.27. The second-order valence-electron chi connectivity index (χ2n) is 3.42. The molecule has 0 aliphatic carbocycles. The van der Waals surface area contributed by atoms with Crippen LogP contribution in [0.5, 0.6) is 0 Å². The Morgan fingerprint density at radius 2 is 2.21 bits per heavy atom. The standard InChI is InChI=1S/C10H16N4/c1-7(2)9-6-13-14(8(3)11-4)10(9)12-5/h6-7H,5H2,1-4H3. The Morgan fingerprint density at radius 1 is 1.57 bits per heavy atom. The van der Waals surface area contributed by atoms with Crippen LogP contribution in [0.15, 0.2) is 16.2 Å². The highest BCUT2D eigenvalue weighted by atomic mass is 15.3. The van der Waals surface area contributed by atoms with E-state index in [0.29, 0.717) is 5.92 Å². The van der Waals surface area contributed by atoms with Gasteiger partial charge in [0.1, 0.15) is 5.84 Å². The summed E-state index contributed by atoms with van der Waals surface area (Å²) in [5, 5.41) is 4.23. The van der Waals surface area contributed by atoms with Crippen LogP contribution in [-0.4, -0.2) is 29.4 Å². The predicted octanol–water partition coefficient (Wildman–Crippen LogP) is 2.23. The molecule has 14 heavy (non-hydrogen) atoms. The van der Waals surface area contributed by atoms with Crippen LogP contribution in [0, 0.1) is 0 Å². The van der Waals surface area contributed by atoms with E-state index in [-0.39, 0.29) is 0 Å². The number of aliphatic imine (C=N–C) groups is 2. The van der Waals surface area contributed by atoms with Crippen LogP contribution >= 0.6 is 0 Å². The highest BCUT2D eigenvalue weighted by Gasteiger charge is 2.13. The van der Waals surface area contributed by atoms with Gasteiger partial charge in [0.15, 0.2) is 5.82 Å². The van der Waals surface area contributed by atoms with E-state index < -0.39 is 0 Å². The van der Waals surface area contributed by atoms with Gasteiger partial charge in [0.05, 0.1) is 6.20 Å². The highest BCUT2D eigenvalue weighted by Crippen LogP contribution is 2.25. The molecule has 0 spiro atoms. The number of hydrogen-bond donors (Lipinski definition) is 0.